The van der Waals surface area contributed by atoms with Crippen molar-refractivity contribution in [2.45, 2.75) is 18.3 Å². The van der Waals surface area contributed by atoms with E-state index in [1.807, 2.05) is 0 Å². The van der Waals surface area contributed by atoms with Crippen LogP contribution < -0.4 is 0 Å². The van der Waals surface area contributed by atoms with Gasteiger partial charge in [-0.25, -0.2) is 0 Å². The zero-order chi connectivity index (χ0) is 18.2. The van der Waals surface area contributed by atoms with Crippen molar-refractivity contribution >= 4 is 23.2 Å². The van der Waals surface area contributed by atoms with Gasteiger partial charge in [0.1, 0.15) is 0 Å². The van der Waals surface area contributed by atoms with Crippen LogP contribution in [0.1, 0.15) is 22.3 Å². The van der Waals surface area contributed by atoms with Gasteiger partial charge in [0.2, 0.25) is 0 Å². The maximum atomic E-state index is 13.5. The third kappa shape index (κ3) is 3.12. The second-order valence-electron chi connectivity index (χ2n) is 5.53. The van der Waals surface area contributed by atoms with Gasteiger partial charge in [-0.15, -0.1) is 0 Å². The summed E-state index contributed by atoms with van der Waals surface area (Å²) in [7, 11) is 0. The molecule has 0 aromatic heterocycles. The van der Waals surface area contributed by atoms with Crippen LogP contribution in [0.25, 0.3) is 0 Å². The number of amides is 1. The summed E-state index contributed by atoms with van der Waals surface area (Å²) in [4.78, 5) is 12.5. The van der Waals surface area contributed by atoms with Crippen molar-refractivity contribution in [2.24, 2.45) is 5.10 Å². The Labute approximate surface area is 146 Å². The third-order valence-electron chi connectivity index (χ3n) is 3.81. The van der Waals surface area contributed by atoms with E-state index < -0.39 is 24.2 Å². The van der Waals surface area contributed by atoms with Crippen LogP contribution in [0.3, 0.4) is 0 Å². The fourth-order valence-electron chi connectivity index (χ4n) is 2.51. The van der Waals surface area contributed by atoms with Crippen molar-refractivity contribution < 1.29 is 23.1 Å². The lowest BCUT2D eigenvalue weighted by Crippen LogP contribution is -2.56. The highest BCUT2D eigenvalue weighted by Gasteiger charge is 2.63. The molecular formula is C17H12ClF3N2O2. The average Bonchev–Trinajstić information content (AvgIpc) is 2.94. The van der Waals surface area contributed by atoms with Crippen LogP contribution in [0, 0.1) is 0 Å². The Morgan fingerprint density at radius 3 is 2.44 bits per heavy atom. The molecule has 1 aliphatic heterocycles. The van der Waals surface area contributed by atoms with Crippen LogP contribution in [-0.2, 0) is 0 Å². The predicted molar refractivity (Wildman–Crippen MR) is 86.2 cm³/mol. The lowest BCUT2D eigenvalue weighted by atomic mass is 10.0. The Morgan fingerprint density at radius 1 is 1.16 bits per heavy atom. The molecule has 0 radical (unpaired) electrons. The van der Waals surface area contributed by atoms with Crippen molar-refractivity contribution in [3.63, 3.8) is 0 Å². The fraction of sp³-hybridized carbons (Fsp3) is 0.176. The molecule has 1 aliphatic rings. The molecule has 2 aromatic carbocycles. The number of nitrogens with zero attached hydrogens (tertiary/aromatic N) is 2. The van der Waals surface area contributed by atoms with Gasteiger partial charge in [0, 0.05) is 10.6 Å². The smallest absolute Gasteiger partial charge is 0.362 e. The molecule has 130 valence electrons. The summed E-state index contributed by atoms with van der Waals surface area (Å²) >= 11 is 5.79. The van der Waals surface area contributed by atoms with Gasteiger partial charge in [-0.3, -0.25) is 4.79 Å². The fourth-order valence-corrected chi connectivity index (χ4v) is 2.71. The number of hydrogen-bond acceptors (Lipinski definition) is 3. The number of benzene rings is 2. The molecule has 0 saturated heterocycles. The minimum atomic E-state index is -5.08. The van der Waals surface area contributed by atoms with Crippen LogP contribution >= 0.6 is 11.6 Å². The SMILES string of the molecule is O=C(c1cccc(Cl)c1)N1N=C(c2ccccc2)C[C@]1(O)C(F)(F)F. The van der Waals surface area contributed by atoms with E-state index in [0.29, 0.717) is 5.56 Å². The molecular weight excluding hydrogens is 357 g/mol. The lowest BCUT2D eigenvalue weighted by molar-refractivity contribution is -0.297. The van der Waals surface area contributed by atoms with E-state index in [2.05, 4.69) is 5.10 Å². The number of rotatable bonds is 2. The van der Waals surface area contributed by atoms with E-state index in [1.54, 1.807) is 30.3 Å². The molecule has 1 N–H and O–H groups in total. The number of hydrazone groups is 1. The highest BCUT2D eigenvalue weighted by Crippen LogP contribution is 2.42. The van der Waals surface area contributed by atoms with E-state index in [4.69, 9.17) is 11.6 Å². The van der Waals surface area contributed by atoms with E-state index in [0.717, 1.165) is 0 Å². The Morgan fingerprint density at radius 2 is 1.84 bits per heavy atom. The summed E-state index contributed by atoms with van der Waals surface area (Å²) in [6, 6.07) is 13.5. The first kappa shape index (κ1) is 17.4. The summed E-state index contributed by atoms with van der Waals surface area (Å²) in [5, 5.41) is 14.3. The van der Waals surface area contributed by atoms with E-state index in [1.165, 1.54) is 24.3 Å². The second kappa shape index (κ2) is 6.16. The third-order valence-corrected chi connectivity index (χ3v) is 4.05. The molecule has 1 heterocycles. The van der Waals surface area contributed by atoms with Crippen molar-refractivity contribution in [3.05, 3.63) is 70.7 Å². The zero-order valence-corrected chi connectivity index (χ0v) is 13.4. The summed E-state index contributed by atoms with van der Waals surface area (Å²) in [6.45, 7) is 0. The molecule has 0 spiro atoms. The maximum absolute atomic E-state index is 13.5. The van der Waals surface area contributed by atoms with Gasteiger partial charge >= 0.3 is 6.18 Å². The van der Waals surface area contributed by atoms with Gasteiger partial charge in [0.05, 0.1) is 12.1 Å². The van der Waals surface area contributed by atoms with E-state index in [-0.39, 0.29) is 21.3 Å². The van der Waals surface area contributed by atoms with Crippen molar-refractivity contribution in [3.8, 4) is 0 Å². The lowest BCUT2D eigenvalue weighted by Gasteiger charge is -2.32. The quantitative estimate of drug-likeness (QED) is 0.875. The van der Waals surface area contributed by atoms with Crippen molar-refractivity contribution in [1.29, 1.82) is 0 Å². The molecule has 3 rings (SSSR count). The maximum Gasteiger partial charge on any atom is 0.438 e. The Bertz CT molecular complexity index is 839. The van der Waals surface area contributed by atoms with Gasteiger partial charge < -0.3 is 5.11 Å². The minimum Gasteiger partial charge on any atom is -0.362 e. The summed E-state index contributed by atoms with van der Waals surface area (Å²) in [6.07, 6.45) is -5.94. The molecule has 25 heavy (non-hydrogen) atoms. The van der Waals surface area contributed by atoms with Crippen LogP contribution in [0.4, 0.5) is 13.2 Å². The highest BCUT2D eigenvalue weighted by molar-refractivity contribution is 6.31. The van der Waals surface area contributed by atoms with Gasteiger partial charge in [0.15, 0.2) is 0 Å². The second-order valence-corrected chi connectivity index (χ2v) is 5.97. The molecule has 1 amide bonds. The molecule has 4 nitrogen and oxygen atoms in total. The average molecular weight is 369 g/mol. The molecule has 0 saturated carbocycles. The van der Waals surface area contributed by atoms with E-state index in [9.17, 15) is 23.1 Å². The van der Waals surface area contributed by atoms with Crippen molar-refractivity contribution in [2.75, 3.05) is 0 Å². The molecule has 2 aromatic rings. The molecule has 0 aliphatic carbocycles. The van der Waals surface area contributed by atoms with Crippen LogP contribution in [0.2, 0.25) is 5.02 Å². The standard InChI is InChI=1S/C17H12ClF3N2O2/c18-13-8-4-7-12(9-13)15(24)23-16(25,17(19,20)21)10-14(22-23)11-5-2-1-3-6-11/h1-9,25H,10H2/t16-/m0/s1. The molecule has 8 heteroatoms. The first-order valence-electron chi connectivity index (χ1n) is 7.24. The summed E-state index contributed by atoms with van der Waals surface area (Å²) in [5.41, 5.74) is -3.16. The number of aliphatic hydroxyl groups is 1. The number of carbonyl (C=O) groups is 1. The van der Waals surface area contributed by atoms with Gasteiger partial charge in [0.25, 0.3) is 11.6 Å². The van der Waals surface area contributed by atoms with Crippen LogP contribution in [-0.4, -0.2) is 33.6 Å². The highest BCUT2D eigenvalue weighted by atomic mass is 35.5. The Balaban J connectivity index is 2.06. The predicted octanol–water partition coefficient (Wildman–Crippen LogP) is 3.84. The first-order chi connectivity index (χ1) is 11.7. The molecule has 0 fully saturated rings. The summed E-state index contributed by atoms with van der Waals surface area (Å²) in [5.74, 6) is -1.09. The van der Waals surface area contributed by atoms with Crippen LogP contribution in [0.5, 0.6) is 0 Å². The number of carbonyl (C=O) groups excluding carboxylic acids is 1. The molecule has 1 atom stereocenters. The van der Waals surface area contributed by atoms with Gasteiger partial charge in [-0.2, -0.15) is 23.3 Å². The van der Waals surface area contributed by atoms with Gasteiger partial charge in [-0.1, -0.05) is 48.0 Å². The van der Waals surface area contributed by atoms with Crippen LogP contribution in [0.15, 0.2) is 59.7 Å². The molecule has 0 bridgehead atoms. The Kier molecular flexibility index (Phi) is 4.30. The molecule has 0 unspecified atom stereocenters. The minimum absolute atomic E-state index is 0.0317. The normalized spacial score (nSPS) is 20.5. The number of hydrogen-bond donors (Lipinski definition) is 1. The monoisotopic (exact) mass is 368 g/mol. The Hall–Kier alpha value is -2.38. The van der Waals surface area contributed by atoms with Crippen molar-refractivity contribution in [1.82, 2.24) is 5.01 Å². The topological polar surface area (TPSA) is 52.9 Å². The zero-order valence-electron chi connectivity index (χ0n) is 12.7. The van der Waals surface area contributed by atoms with E-state index >= 15 is 0 Å². The van der Waals surface area contributed by atoms with Gasteiger partial charge in [-0.05, 0) is 23.8 Å². The number of alkyl halides is 3. The number of halogens is 4. The largest absolute Gasteiger partial charge is 0.438 e. The first-order valence-corrected chi connectivity index (χ1v) is 7.62. The summed E-state index contributed by atoms with van der Waals surface area (Å²) < 4.78 is 40.5.